The van der Waals surface area contributed by atoms with Crippen LogP contribution in [0, 0.1) is 0 Å². The molecule has 5 nitrogen and oxygen atoms in total. The van der Waals surface area contributed by atoms with E-state index in [0.717, 1.165) is 36.4 Å². The van der Waals surface area contributed by atoms with Gasteiger partial charge in [-0.15, -0.1) is 11.8 Å². The van der Waals surface area contributed by atoms with Crippen LogP contribution in [0.3, 0.4) is 0 Å². The Bertz CT molecular complexity index is 712. The molecule has 0 amide bonds. The molecule has 24 heavy (non-hydrogen) atoms. The summed E-state index contributed by atoms with van der Waals surface area (Å²) >= 11 is 14.1. The van der Waals surface area contributed by atoms with Crippen molar-refractivity contribution in [2.75, 3.05) is 12.4 Å². The number of halogens is 2. The van der Waals surface area contributed by atoms with E-state index < -0.39 is 4.93 Å². The number of hydrogen-bond donors (Lipinski definition) is 1. The van der Waals surface area contributed by atoms with E-state index in [9.17, 15) is 5.11 Å². The van der Waals surface area contributed by atoms with Gasteiger partial charge < -0.3 is 9.84 Å². The Hall–Kier alpha value is -0.790. The van der Waals surface area contributed by atoms with Gasteiger partial charge in [0, 0.05) is 34.8 Å². The maximum atomic E-state index is 9.46. The molecular formula is C16H19Cl2N3O2S. The van der Waals surface area contributed by atoms with Crippen molar-refractivity contribution in [3.05, 3.63) is 46.0 Å². The number of thioether (sulfide) groups is 1. The van der Waals surface area contributed by atoms with Crippen molar-refractivity contribution >= 4 is 35.0 Å². The van der Waals surface area contributed by atoms with Crippen LogP contribution in [0.2, 0.25) is 10.0 Å². The maximum Gasteiger partial charge on any atom is 0.141 e. The van der Waals surface area contributed by atoms with Gasteiger partial charge in [0.1, 0.15) is 17.1 Å². The standard InChI is InChI=1S/C16H19Cl2N3O2S/c1-21-15(19-10-20-21)3-2-6-16(23-12(8-22)9-24-16)13-5-4-11(17)7-14(13)18/h4-5,7,10,12,22H,2-3,6,8-9H2,1H3/t12-,16-/m1/s1. The molecule has 8 heteroatoms. The Labute approximate surface area is 155 Å². The first kappa shape index (κ1) is 18.0. The molecule has 1 fully saturated rings. The molecular weight excluding hydrogens is 369 g/mol. The third-order valence-corrected chi connectivity index (χ3v) is 6.19. The normalized spacial score (nSPS) is 23.8. The number of aliphatic hydroxyl groups excluding tert-OH is 1. The van der Waals surface area contributed by atoms with Gasteiger partial charge in [-0.1, -0.05) is 29.3 Å². The third-order valence-electron chi connectivity index (χ3n) is 4.12. The molecule has 1 aromatic heterocycles. The van der Waals surface area contributed by atoms with E-state index in [2.05, 4.69) is 10.1 Å². The van der Waals surface area contributed by atoms with E-state index in [-0.39, 0.29) is 12.7 Å². The second kappa shape index (κ2) is 7.62. The van der Waals surface area contributed by atoms with Crippen LogP contribution in [-0.4, -0.2) is 38.3 Å². The zero-order valence-corrected chi connectivity index (χ0v) is 15.6. The first-order valence-electron chi connectivity index (χ1n) is 7.75. The van der Waals surface area contributed by atoms with Gasteiger partial charge in [0.2, 0.25) is 0 Å². The monoisotopic (exact) mass is 387 g/mol. The molecule has 1 aliphatic rings. The van der Waals surface area contributed by atoms with Crippen LogP contribution < -0.4 is 0 Å². The van der Waals surface area contributed by atoms with Crippen LogP contribution in [0.15, 0.2) is 24.5 Å². The number of aryl methyl sites for hydroxylation is 2. The molecule has 1 aliphatic heterocycles. The fraction of sp³-hybridized carbons (Fsp3) is 0.500. The summed E-state index contributed by atoms with van der Waals surface area (Å²) in [6.07, 6.45) is 3.82. The molecule has 2 atom stereocenters. The molecule has 0 spiro atoms. The number of ether oxygens (including phenoxy) is 1. The molecule has 0 saturated carbocycles. The van der Waals surface area contributed by atoms with Crippen molar-refractivity contribution in [3.63, 3.8) is 0 Å². The minimum Gasteiger partial charge on any atom is -0.394 e. The molecule has 0 radical (unpaired) electrons. The topological polar surface area (TPSA) is 60.2 Å². The van der Waals surface area contributed by atoms with Gasteiger partial charge in [-0.2, -0.15) is 5.10 Å². The fourth-order valence-corrected chi connectivity index (χ4v) is 4.96. The number of rotatable bonds is 6. The largest absolute Gasteiger partial charge is 0.394 e. The van der Waals surface area contributed by atoms with Gasteiger partial charge in [-0.3, -0.25) is 4.68 Å². The lowest BCUT2D eigenvalue weighted by Gasteiger charge is -2.30. The summed E-state index contributed by atoms with van der Waals surface area (Å²) in [5.74, 6) is 1.67. The molecule has 130 valence electrons. The van der Waals surface area contributed by atoms with Crippen LogP contribution in [-0.2, 0) is 23.1 Å². The fourth-order valence-electron chi connectivity index (χ4n) is 2.89. The minimum atomic E-state index is -0.562. The number of hydrogen-bond acceptors (Lipinski definition) is 5. The lowest BCUT2D eigenvalue weighted by Crippen LogP contribution is -2.26. The van der Waals surface area contributed by atoms with E-state index >= 15 is 0 Å². The van der Waals surface area contributed by atoms with Crippen molar-refractivity contribution in [1.82, 2.24) is 14.8 Å². The minimum absolute atomic E-state index is 0.00322. The molecule has 1 N–H and O–H groups in total. The van der Waals surface area contributed by atoms with E-state index in [1.807, 2.05) is 19.2 Å². The first-order valence-corrected chi connectivity index (χ1v) is 9.49. The Morgan fingerprint density at radius 3 is 2.92 bits per heavy atom. The van der Waals surface area contributed by atoms with Crippen molar-refractivity contribution < 1.29 is 9.84 Å². The summed E-state index contributed by atoms with van der Waals surface area (Å²) < 4.78 is 7.98. The molecule has 3 rings (SSSR count). The summed E-state index contributed by atoms with van der Waals surface area (Å²) in [5, 5.41) is 14.7. The second-order valence-corrected chi connectivity index (χ2v) is 7.89. The Balaban J connectivity index is 1.79. The van der Waals surface area contributed by atoms with Crippen LogP contribution >= 0.6 is 35.0 Å². The van der Waals surface area contributed by atoms with E-state index in [0.29, 0.717) is 10.0 Å². The second-order valence-electron chi connectivity index (χ2n) is 5.76. The molecule has 2 aromatic rings. The molecule has 2 heterocycles. The smallest absolute Gasteiger partial charge is 0.141 e. The predicted octanol–water partition coefficient (Wildman–Crippen LogP) is 3.42. The van der Waals surface area contributed by atoms with Crippen LogP contribution in [0.5, 0.6) is 0 Å². The summed E-state index contributed by atoms with van der Waals surface area (Å²) in [7, 11) is 1.89. The zero-order valence-electron chi connectivity index (χ0n) is 13.3. The van der Waals surface area contributed by atoms with E-state index in [4.69, 9.17) is 27.9 Å². The Morgan fingerprint density at radius 2 is 2.29 bits per heavy atom. The Kier molecular flexibility index (Phi) is 5.72. The van der Waals surface area contributed by atoms with Crippen LogP contribution in [0.25, 0.3) is 0 Å². The van der Waals surface area contributed by atoms with E-state index in [1.54, 1.807) is 28.8 Å². The number of aliphatic hydroxyl groups is 1. The van der Waals surface area contributed by atoms with Gasteiger partial charge >= 0.3 is 0 Å². The van der Waals surface area contributed by atoms with Gasteiger partial charge in [-0.05, 0) is 25.0 Å². The van der Waals surface area contributed by atoms with Gasteiger partial charge in [0.25, 0.3) is 0 Å². The van der Waals surface area contributed by atoms with Crippen molar-refractivity contribution in [3.8, 4) is 0 Å². The quantitative estimate of drug-likeness (QED) is 0.822. The first-order chi connectivity index (χ1) is 11.5. The SMILES string of the molecule is Cn1ncnc1CCC[C@@]1(c2ccc(Cl)cc2Cl)O[C@H](CO)CS1. The molecule has 1 saturated heterocycles. The lowest BCUT2D eigenvalue weighted by atomic mass is 10.0. The van der Waals surface area contributed by atoms with Crippen molar-refractivity contribution in [1.29, 1.82) is 0 Å². The summed E-state index contributed by atoms with van der Waals surface area (Å²) in [5.41, 5.74) is 0.910. The highest BCUT2D eigenvalue weighted by Gasteiger charge is 2.43. The predicted molar refractivity (Wildman–Crippen MR) is 96.5 cm³/mol. The summed E-state index contributed by atoms with van der Waals surface area (Å²) in [6.45, 7) is 0.00322. The van der Waals surface area contributed by atoms with Crippen LogP contribution in [0.1, 0.15) is 24.2 Å². The maximum absolute atomic E-state index is 9.46. The van der Waals surface area contributed by atoms with E-state index in [1.165, 1.54) is 0 Å². The highest BCUT2D eigenvalue weighted by atomic mass is 35.5. The lowest BCUT2D eigenvalue weighted by molar-refractivity contribution is -0.0395. The van der Waals surface area contributed by atoms with Crippen molar-refractivity contribution in [2.24, 2.45) is 7.05 Å². The Morgan fingerprint density at radius 1 is 1.46 bits per heavy atom. The summed E-state index contributed by atoms with van der Waals surface area (Å²) in [4.78, 5) is 3.69. The molecule has 0 aliphatic carbocycles. The van der Waals surface area contributed by atoms with Crippen LogP contribution in [0.4, 0.5) is 0 Å². The van der Waals surface area contributed by atoms with Gasteiger partial charge in [0.15, 0.2) is 0 Å². The average molecular weight is 388 g/mol. The molecule has 0 unspecified atom stereocenters. The van der Waals surface area contributed by atoms with Gasteiger partial charge in [0.05, 0.1) is 12.7 Å². The highest BCUT2D eigenvalue weighted by molar-refractivity contribution is 8.00. The van der Waals surface area contributed by atoms with Crippen molar-refractivity contribution in [2.45, 2.75) is 30.3 Å². The third kappa shape index (κ3) is 3.73. The highest BCUT2D eigenvalue weighted by Crippen LogP contribution is 2.50. The number of nitrogens with zero attached hydrogens (tertiary/aromatic N) is 3. The number of benzene rings is 1. The summed E-state index contributed by atoms with van der Waals surface area (Å²) in [6, 6.07) is 5.47. The number of aromatic nitrogens is 3. The molecule has 0 bridgehead atoms. The van der Waals surface area contributed by atoms with Gasteiger partial charge in [-0.25, -0.2) is 4.98 Å². The zero-order chi connectivity index (χ0) is 17.2. The molecule has 1 aromatic carbocycles. The average Bonchev–Trinajstić information content (AvgIpc) is 3.15.